The van der Waals surface area contributed by atoms with Crippen molar-refractivity contribution in [2.45, 2.75) is 51.4 Å². The molecule has 0 bridgehead atoms. The van der Waals surface area contributed by atoms with Gasteiger partial charge in [-0.1, -0.05) is 30.9 Å². The Hall–Kier alpha value is -0.300. The van der Waals surface area contributed by atoms with Crippen LogP contribution in [0, 0.1) is 11.8 Å². The molecule has 1 unspecified atom stereocenters. The first-order valence-electron chi connectivity index (χ1n) is 6.20. The lowest BCUT2D eigenvalue weighted by atomic mass is 9.77. The summed E-state index contributed by atoms with van der Waals surface area (Å²) in [5, 5.41) is 9.18. The van der Waals surface area contributed by atoms with E-state index in [2.05, 4.69) is 6.08 Å². The van der Waals surface area contributed by atoms with Crippen LogP contribution >= 0.6 is 0 Å². The molecule has 0 radical (unpaired) electrons. The van der Waals surface area contributed by atoms with E-state index in [1.807, 2.05) is 0 Å². The molecule has 0 amide bonds. The summed E-state index contributed by atoms with van der Waals surface area (Å²) in [6, 6.07) is 0. The third-order valence-electron chi connectivity index (χ3n) is 3.89. The predicted molar refractivity (Wildman–Crippen MR) is 59.1 cm³/mol. The van der Waals surface area contributed by atoms with Gasteiger partial charge in [0.05, 0.1) is 0 Å². The lowest BCUT2D eigenvalue weighted by Gasteiger charge is -2.29. The number of aliphatic hydroxyl groups excluding tert-OH is 1. The maximum atomic E-state index is 9.18. The Morgan fingerprint density at radius 3 is 2.64 bits per heavy atom. The molecule has 1 heteroatoms. The Kier molecular flexibility index (Phi) is 3.63. The van der Waals surface area contributed by atoms with Crippen LogP contribution in [0.15, 0.2) is 11.6 Å². The summed E-state index contributed by atoms with van der Waals surface area (Å²) in [6.45, 7) is 0.393. The number of hydrogen-bond acceptors (Lipinski definition) is 1. The topological polar surface area (TPSA) is 20.2 Å². The van der Waals surface area contributed by atoms with Crippen LogP contribution in [-0.2, 0) is 0 Å². The number of hydrogen-bond donors (Lipinski definition) is 1. The molecule has 2 aliphatic rings. The minimum atomic E-state index is 0.393. The maximum absolute atomic E-state index is 9.18. The molecule has 1 N–H and O–H groups in total. The Balaban J connectivity index is 1.92. The van der Waals surface area contributed by atoms with Crippen LogP contribution in [0.4, 0.5) is 0 Å². The first-order valence-corrected chi connectivity index (χ1v) is 6.20. The van der Waals surface area contributed by atoms with Crippen molar-refractivity contribution in [1.29, 1.82) is 0 Å². The fraction of sp³-hybridized carbons (Fsp3) is 0.846. The smallest absolute Gasteiger partial charge is 0.0462 e. The van der Waals surface area contributed by atoms with Crippen molar-refractivity contribution in [3.63, 3.8) is 0 Å². The van der Waals surface area contributed by atoms with Gasteiger partial charge >= 0.3 is 0 Å². The van der Waals surface area contributed by atoms with Crippen LogP contribution in [0.5, 0.6) is 0 Å². The van der Waals surface area contributed by atoms with Crippen molar-refractivity contribution < 1.29 is 5.11 Å². The summed E-state index contributed by atoms with van der Waals surface area (Å²) in [6.07, 6.45) is 13.1. The van der Waals surface area contributed by atoms with E-state index in [9.17, 15) is 5.11 Å². The van der Waals surface area contributed by atoms with Crippen LogP contribution in [0.3, 0.4) is 0 Å². The van der Waals surface area contributed by atoms with Gasteiger partial charge in [-0.3, -0.25) is 0 Å². The molecule has 1 atom stereocenters. The van der Waals surface area contributed by atoms with Gasteiger partial charge < -0.3 is 5.11 Å². The van der Waals surface area contributed by atoms with E-state index >= 15 is 0 Å². The van der Waals surface area contributed by atoms with E-state index in [0.29, 0.717) is 12.5 Å². The molecular formula is C13H22O. The summed E-state index contributed by atoms with van der Waals surface area (Å²) in [5.74, 6) is 1.44. The minimum Gasteiger partial charge on any atom is -0.396 e. The quantitative estimate of drug-likeness (QED) is 0.669. The minimum absolute atomic E-state index is 0.393. The molecule has 2 aliphatic carbocycles. The fourth-order valence-corrected chi connectivity index (χ4v) is 2.99. The molecule has 0 aromatic carbocycles. The van der Waals surface area contributed by atoms with Crippen molar-refractivity contribution in [3.8, 4) is 0 Å². The Morgan fingerprint density at radius 2 is 1.93 bits per heavy atom. The van der Waals surface area contributed by atoms with E-state index in [4.69, 9.17) is 0 Å². The van der Waals surface area contributed by atoms with Crippen molar-refractivity contribution in [2.24, 2.45) is 11.8 Å². The molecule has 0 heterocycles. The zero-order valence-corrected chi connectivity index (χ0v) is 9.04. The van der Waals surface area contributed by atoms with Gasteiger partial charge in [-0.05, 0) is 43.9 Å². The molecule has 80 valence electrons. The zero-order valence-electron chi connectivity index (χ0n) is 9.04. The van der Waals surface area contributed by atoms with E-state index in [1.54, 1.807) is 5.57 Å². The van der Waals surface area contributed by atoms with E-state index in [0.717, 1.165) is 5.92 Å². The second kappa shape index (κ2) is 4.97. The summed E-state index contributed by atoms with van der Waals surface area (Å²) in [5.41, 5.74) is 1.68. The molecule has 0 aromatic heterocycles. The standard InChI is InChI=1S/C13H22O/c14-10-11-5-4-8-13(9-11)12-6-2-1-3-7-12/h8,11-12,14H,1-7,9-10H2. The lowest BCUT2D eigenvalue weighted by molar-refractivity contribution is 0.208. The second-order valence-electron chi connectivity index (χ2n) is 4.94. The average molecular weight is 194 g/mol. The monoisotopic (exact) mass is 194 g/mol. The van der Waals surface area contributed by atoms with Gasteiger partial charge in [0.25, 0.3) is 0 Å². The van der Waals surface area contributed by atoms with Crippen molar-refractivity contribution in [1.82, 2.24) is 0 Å². The summed E-state index contributed by atoms with van der Waals surface area (Å²) >= 11 is 0. The van der Waals surface area contributed by atoms with Crippen LogP contribution in [0.1, 0.15) is 51.4 Å². The summed E-state index contributed by atoms with van der Waals surface area (Å²) in [4.78, 5) is 0. The van der Waals surface area contributed by atoms with Gasteiger partial charge in [0.15, 0.2) is 0 Å². The molecule has 0 aliphatic heterocycles. The van der Waals surface area contributed by atoms with Gasteiger partial charge in [0.1, 0.15) is 0 Å². The molecule has 1 fully saturated rings. The third-order valence-corrected chi connectivity index (χ3v) is 3.89. The Labute approximate surface area is 87.2 Å². The average Bonchev–Trinajstić information content (AvgIpc) is 2.30. The Bertz CT molecular complexity index is 201. The molecule has 14 heavy (non-hydrogen) atoms. The molecule has 2 rings (SSSR count). The highest BCUT2D eigenvalue weighted by molar-refractivity contribution is 5.11. The summed E-state index contributed by atoms with van der Waals surface area (Å²) < 4.78 is 0. The van der Waals surface area contributed by atoms with Crippen molar-refractivity contribution in [3.05, 3.63) is 11.6 Å². The number of aliphatic hydroxyl groups is 1. The van der Waals surface area contributed by atoms with Gasteiger partial charge in [-0.25, -0.2) is 0 Å². The SMILES string of the molecule is OCC1CCC=C(C2CCCCC2)C1. The molecule has 0 spiro atoms. The first kappa shape index (κ1) is 10.2. The molecule has 1 nitrogen and oxygen atoms in total. The highest BCUT2D eigenvalue weighted by Gasteiger charge is 2.22. The predicted octanol–water partition coefficient (Wildman–Crippen LogP) is 3.29. The van der Waals surface area contributed by atoms with Crippen LogP contribution in [0.2, 0.25) is 0 Å². The summed E-state index contributed by atoms with van der Waals surface area (Å²) in [7, 11) is 0. The largest absolute Gasteiger partial charge is 0.396 e. The lowest BCUT2D eigenvalue weighted by Crippen LogP contribution is -2.17. The van der Waals surface area contributed by atoms with Gasteiger partial charge in [-0.2, -0.15) is 0 Å². The number of rotatable bonds is 2. The highest BCUT2D eigenvalue weighted by atomic mass is 16.3. The molecular weight excluding hydrogens is 172 g/mol. The third kappa shape index (κ3) is 2.38. The molecule has 0 aromatic rings. The molecule has 1 saturated carbocycles. The van der Waals surface area contributed by atoms with Crippen molar-refractivity contribution >= 4 is 0 Å². The van der Waals surface area contributed by atoms with Gasteiger partial charge in [0.2, 0.25) is 0 Å². The maximum Gasteiger partial charge on any atom is 0.0462 e. The number of allylic oxidation sites excluding steroid dienone is 2. The van der Waals surface area contributed by atoms with Gasteiger partial charge in [-0.15, -0.1) is 0 Å². The van der Waals surface area contributed by atoms with Gasteiger partial charge in [0, 0.05) is 6.61 Å². The fourth-order valence-electron chi connectivity index (χ4n) is 2.99. The van der Waals surface area contributed by atoms with Crippen LogP contribution in [-0.4, -0.2) is 11.7 Å². The van der Waals surface area contributed by atoms with Crippen LogP contribution < -0.4 is 0 Å². The zero-order chi connectivity index (χ0) is 9.80. The highest BCUT2D eigenvalue weighted by Crippen LogP contribution is 2.36. The van der Waals surface area contributed by atoms with Crippen molar-refractivity contribution in [2.75, 3.05) is 6.61 Å². The van der Waals surface area contributed by atoms with E-state index < -0.39 is 0 Å². The molecule has 0 saturated heterocycles. The Morgan fingerprint density at radius 1 is 1.14 bits per heavy atom. The van der Waals surface area contributed by atoms with E-state index in [-0.39, 0.29) is 0 Å². The van der Waals surface area contributed by atoms with E-state index in [1.165, 1.54) is 51.4 Å². The second-order valence-corrected chi connectivity index (χ2v) is 4.94. The van der Waals surface area contributed by atoms with Crippen LogP contribution in [0.25, 0.3) is 0 Å². The normalized spacial score (nSPS) is 30.1. The first-order chi connectivity index (χ1) is 6.90.